The molecule has 3 nitrogen and oxygen atoms in total. The highest BCUT2D eigenvalue weighted by Gasteiger charge is 2.07. The lowest BCUT2D eigenvalue weighted by molar-refractivity contribution is 0.0699. The summed E-state index contributed by atoms with van der Waals surface area (Å²) in [6.07, 6.45) is 0. The second-order valence-corrected chi connectivity index (χ2v) is 3.16. The summed E-state index contributed by atoms with van der Waals surface area (Å²) in [5.74, 6) is -0.953. The summed E-state index contributed by atoms with van der Waals surface area (Å²) in [4.78, 5) is 10.9. The highest BCUT2D eigenvalue weighted by Crippen LogP contribution is 2.20. The summed E-state index contributed by atoms with van der Waals surface area (Å²) >= 11 is 0. The lowest BCUT2D eigenvalue weighted by atomic mass is 10.0. The number of carboxylic acids is 1. The lowest BCUT2D eigenvalue weighted by Gasteiger charge is -2.01. The Labute approximate surface area is 86.2 Å². The Morgan fingerprint density at radius 2 is 2.07 bits per heavy atom. The van der Waals surface area contributed by atoms with E-state index in [1.807, 2.05) is 6.07 Å². The van der Waals surface area contributed by atoms with Gasteiger partial charge in [0.2, 0.25) is 0 Å². The topological polar surface area (TPSA) is 61.1 Å². The van der Waals surface area contributed by atoms with Crippen LogP contribution in [0.1, 0.15) is 15.9 Å². The van der Waals surface area contributed by atoms with Gasteiger partial charge in [-0.3, -0.25) is 0 Å². The maximum atomic E-state index is 10.9. The van der Waals surface area contributed by atoms with Gasteiger partial charge < -0.3 is 5.11 Å². The minimum atomic E-state index is -0.953. The fraction of sp³-hybridized carbons (Fsp3) is 0. The van der Waals surface area contributed by atoms with Crippen molar-refractivity contribution in [3.63, 3.8) is 0 Å². The van der Waals surface area contributed by atoms with E-state index in [0.717, 1.165) is 5.39 Å². The van der Waals surface area contributed by atoms with Gasteiger partial charge in [-0.2, -0.15) is 5.26 Å². The highest BCUT2D eigenvalue weighted by atomic mass is 16.4. The van der Waals surface area contributed by atoms with Crippen molar-refractivity contribution >= 4 is 16.7 Å². The highest BCUT2D eigenvalue weighted by molar-refractivity contribution is 6.03. The Balaban J connectivity index is 2.79. The van der Waals surface area contributed by atoms with E-state index >= 15 is 0 Å². The zero-order valence-corrected chi connectivity index (χ0v) is 7.77. The van der Waals surface area contributed by atoms with Crippen molar-refractivity contribution in [2.75, 3.05) is 0 Å². The lowest BCUT2D eigenvalue weighted by Crippen LogP contribution is -1.96. The molecule has 0 atom stereocenters. The van der Waals surface area contributed by atoms with Crippen LogP contribution < -0.4 is 0 Å². The number of rotatable bonds is 1. The monoisotopic (exact) mass is 197 g/mol. The third-order valence-electron chi connectivity index (χ3n) is 2.24. The molecule has 0 spiro atoms. The van der Waals surface area contributed by atoms with Crippen LogP contribution in [0, 0.1) is 11.3 Å². The molecule has 0 unspecified atom stereocenters. The molecule has 0 bridgehead atoms. The van der Waals surface area contributed by atoms with E-state index in [0.29, 0.717) is 10.9 Å². The van der Waals surface area contributed by atoms with Crippen molar-refractivity contribution < 1.29 is 9.90 Å². The van der Waals surface area contributed by atoms with E-state index in [-0.39, 0.29) is 5.56 Å². The molecule has 2 rings (SSSR count). The zero-order valence-electron chi connectivity index (χ0n) is 7.77. The Kier molecular flexibility index (Phi) is 2.11. The van der Waals surface area contributed by atoms with Gasteiger partial charge in [-0.25, -0.2) is 4.79 Å². The smallest absolute Gasteiger partial charge is 0.336 e. The zero-order chi connectivity index (χ0) is 10.8. The molecule has 0 heterocycles. The van der Waals surface area contributed by atoms with Gasteiger partial charge in [0.05, 0.1) is 17.2 Å². The number of hydrogen-bond acceptors (Lipinski definition) is 2. The van der Waals surface area contributed by atoms with Crippen LogP contribution in [-0.4, -0.2) is 11.1 Å². The van der Waals surface area contributed by atoms with Crippen molar-refractivity contribution in [1.82, 2.24) is 0 Å². The van der Waals surface area contributed by atoms with Gasteiger partial charge in [0, 0.05) is 0 Å². The number of benzene rings is 2. The molecule has 0 fully saturated rings. The molecule has 1 N–H and O–H groups in total. The third-order valence-corrected chi connectivity index (χ3v) is 2.24. The number of nitrogens with zero attached hydrogens (tertiary/aromatic N) is 1. The van der Waals surface area contributed by atoms with Crippen LogP contribution in [0.2, 0.25) is 0 Å². The van der Waals surface area contributed by atoms with Crippen LogP contribution >= 0.6 is 0 Å². The first-order valence-electron chi connectivity index (χ1n) is 4.38. The summed E-state index contributed by atoms with van der Waals surface area (Å²) in [7, 11) is 0. The van der Waals surface area contributed by atoms with Gasteiger partial charge in [-0.1, -0.05) is 18.2 Å². The summed E-state index contributed by atoms with van der Waals surface area (Å²) in [5.41, 5.74) is 0.794. The van der Waals surface area contributed by atoms with Crippen molar-refractivity contribution in [2.45, 2.75) is 0 Å². The van der Waals surface area contributed by atoms with Crippen LogP contribution in [0.25, 0.3) is 10.8 Å². The molecule has 0 aliphatic heterocycles. The Morgan fingerprint density at radius 3 is 2.73 bits per heavy atom. The first-order chi connectivity index (χ1) is 7.22. The summed E-state index contributed by atoms with van der Waals surface area (Å²) in [6.45, 7) is 0. The van der Waals surface area contributed by atoms with Crippen LogP contribution in [0.3, 0.4) is 0 Å². The molecule has 0 amide bonds. The van der Waals surface area contributed by atoms with Gasteiger partial charge in [0.15, 0.2) is 0 Å². The van der Waals surface area contributed by atoms with E-state index in [4.69, 9.17) is 10.4 Å². The van der Waals surface area contributed by atoms with E-state index < -0.39 is 5.97 Å². The van der Waals surface area contributed by atoms with Gasteiger partial charge in [0.25, 0.3) is 0 Å². The molecule has 0 aliphatic carbocycles. The molecule has 2 aromatic carbocycles. The number of carbonyl (C=O) groups is 1. The molecule has 0 aliphatic rings. The molecule has 2 aromatic rings. The van der Waals surface area contributed by atoms with Gasteiger partial charge >= 0.3 is 5.97 Å². The molecule has 0 saturated heterocycles. The molecular formula is C12H7NO2. The molecular weight excluding hydrogens is 190 g/mol. The summed E-state index contributed by atoms with van der Waals surface area (Å²) in [5, 5.41) is 19.1. The summed E-state index contributed by atoms with van der Waals surface area (Å²) in [6, 6.07) is 12.0. The number of nitriles is 1. The van der Waals surface area contributed by atoms with E-state index in [2.05, 4.69) is 0 Å². The Hall–Kier alpha value is -2.34. The van der Waals surface area contributed by atoms with Crippen LogP contribution in [0.5, 0.6) is 0 Å². The van der Waals surface area contributed by atoms with Crippen LogP contribution in [0.15, 0.2) is 36.4 Å². The maximum absolute atomic E-state index is 10.9. The predicted octanol–water partition coefficient (Wildman–Crippen LogP) is 2.41. The standard InChI is InChI=1S/C12H7NO2/c13-7-8-4-5-10-9(6-8)2-1-3-11(10)12(14)15/h1-6H,(H,14,15). The number of hydrogen-bond donors (Lipinski definition) is 1. The molecule has 3 heteroatoms. The number of carboxylic acid groups (broad SMARTS) is 1. The number of aromatic carboxylic acids is 1. The minimum absolute atomic E-state index is 0.261. The molecule has 0 radical (unpaired) electrons. The normalized spacial score (nSPS) is 9.80. The Bertz CT molecular complexity index is 582. The Morgan fingerprint density at radius 1 is 1.27 bits per heavy atom. The van der Waals surface area contributed by atoms with Gasteiger partial charge in [0.1, 0.15) is 0 Å². The van der Waals surface area contributed by atoms with Crippen molar-refractivity contribution in [1.29, 1.82) is 5.26 Å². The van der Waals surface area contributed by atoms with Crippen molar-refractivity contribution in [3.8, 4) is 6.07 Å². The summed E-state index contributed by atoms with van der Waals surface area (Å²) < 4.78 is 0. The first kappa shape index (κ1) is 9.22. The minimum Gasteiger partial charge on any atom is -0.478 e. The van der Waals surface area contributed by atoms with E-state index in [9.17, 15) is 4.79 Å². The number of fused-ring (bicyclic) bond motifs is 1. The van der Waals surface area contributed by atoms with Crippen LogP contribution in [0.4, 0.5) is 0 Å². The molecule has 0 aromatic heterocycles. The third kappa shape index (κ3) is 1.53. The quantitative estimate of drug-likeness (QED) is 0.763. The molecule has 15 heavy (non-hydrogen) atoms. The van der Waals surface area contributed by atoms with Gasteiger partial charge in [-0.05, 0) is 29.0 Å². The van der Waals surface area contributed by atoms with Gasteiger partial charge in [-0.15, -0.1) is 0 Å². The average Bonchev–Trinajstić information content (AvgIpc) is 2.27. The maximum Gasteiger partial charge on any atom is 0.336 e. The predicted molar refractivity (Wildman–Crippen MR) is 55.6 cm³/mol. The average molecular weight is 197 g/mol. The molecule has 0 saturated carbocycles. The van der Waals surface area contributed by atoms with Crippen molar-refractivity contribution in [2.24, 2.45) is 0 Å². The fourth-order valence-corrected chi connectivity index (χ4v) is 1.54. The largest absolute Gasteiger partial charge is 0.478 e. The molecule has 72 valence electrons. The van der Waals surface area contributed by atoms with E-state index in [1.54, 1.807) is 36.4 Å². The second-order valence-electron chi connectivity index (χ2n) is 3.16. The van der Waals surface area contributed by atoms with E-state index in [1.165, 1.54) is 0 Å². The van der Waals surface area contributed by atoms with Crippen molar-refractivity contribution in [3.05, 3.63) is 47.5 Å². The second kappa shape index (κ2) is 3.43. The SMILES string of the molecule is N#Cc1ccc2c(C(=O)O)cccc2c1. The fourth-order valence-electron chi connectivity index (χ4n) is 1.54. The first-order valence-corrected chi connectivity index (χ1v) is 4.38. The van der Waals surface area contributed by atoms with Crippen LogP contribution in [-0.2, 0) is 0 Å².